The smallest absolute Gasteiger partial charge is 0.329 e. The lowest BCUT2D eigenvalue weighted by atomic mass is 10.2. The number of terminal acetylenes is 1. The van der Waals surface area contributed by atoms with Crippen molar-refractivity contribution in [1.29, 1.82) is 0 Å². The van der Waals surface area contributed by atoms with Crippen molar-refractivity contribution in [3.8, 4) is 12.3 Å². The molecule has 1 unspecified atom stereocenters. The van der Waals surface area contributed by atoms with Crippen LogP contribution in [0.4, 0.5) is 0 Å². The zero-order valence-electron chi connectivity index (χ0n) is 7.95. The fraction of sp³-hybridized carbons (Fsp3) is 0.556. The summed E-state index contributed by atoms with van der Waals surface area (Å²) >= 11 is 0. The number of carboxylic acids is 1. The summed E-state index contributed by atoms with van der Waals surface area (Å²) < 4.78 is 4.57. The van der Waals surface area contributed by atoms with Gasteiger partial charge in [0.25, 0.3) is 0 Å². The largest absolute Gasteiger partial charge is 0.480 e. The summed E-state index contributed by atoms with van der Waals surface area (Å²) in [6.45, 7) is 1.02. The Labute approximate surface area is 82.4 Å². The minimum atomic E-state index is -1.10. The van der Waals surface area contributed by atoms with Crippen LogP contribution < -0.4 is 5.32 Å². The number of hydrogen-bond donors (Lipinski definition) is 2. The third-order valence-electron chi connectivity index (χ3n) is 1.29. The second-order valence-corrected chi connectivity index (χ2v) is 2.76. The number of nitrogens with one attached hydrogen (secondary N) is 1. The number of carbonyl (C=O) groups is 2. The van der Waals surface area contributed by atoms with Gasteiger partial charge in [-0.05, 0) is 6.92 Å². The highest BCUT2D eigenvalue weighted by Gasteiger charge is 2.06. The predicted molar refractivity (Wildman–Crippen MR) is 49.5 cm³/mol. The van der Waals surface area contributed by atoms with Gasteiger partial charge in [-0.15, -0.1) is 12.3 Å². The summed E-state index contributed by atoms with van der Waals surface area (Å²) in [6.07, 6.45) is 5.47. The van der Waals surface area contributed by atoms with Crippen LogP contribution in [-0.2, 0) is 14.3 Å². The van der Waals surface area contributed by atoms with E-state index in [1.807, 2.05) is 0 Å². The van der Waals surface area contributed by atoms with Gasteiger partial charge in [-0.3, -0.25) is 4.79 Å². The van der Waals surface area contributed by atoms with Crippen LogP contribution in [-0.4, -0.2) is 36.2 Å². The first-order valence-electron chi connectivity index (χ1n) is 4.08. The molecule has 5 nitrogen and oxygen atoms in total. The lowest BCUT2D eigenvalue weighted by molar-refractivity contribution is -0.143. The maximum absolute atomic E-state index is 11.0. The van der Waals surface area contributed by atoms with Crippen LogP contribution in [0.25, 0.3) is 0 Å². The first-order valence-corrected chi connectivity index (χ1v) is 4.08. The molecular weight excluding hydrogens is 186 g/mol. The molecule has 0 aromatic heterocycles. The van der Waals surface area contributed by atoms with E-state index in [0.29, 0.717) is 6.42 Å². The van der Waals surface area contributed by atoms with Crippen LogP contribution >= 0.6 is 0 Å². The molecule has 0 spiro atoms. The normalized spacial score (nSPS) is 11.4. The maximum atomic E-state index is 11.0. The van der Waals surface area contributed by atoms with Gasteiger partial charge in [-0.25, -0.2) is 4.79 Å². The summed E-state index contributed by atoms with van der Waals surface area (Å²) in [5, 5.41) is 10.8. The fourth-order valence-electron chi connectivity index (χ4n) is 0.775. The molecule has 0 bridgehead atoms. The van der Waals surface area contributed by atoms with Gasteiger partial charge in [0.05, 0.1) is 0 Å². The first kappa shape index (κ1) is 12.5. The molecular formula is C9H13NO4. The van der Waals surface area contributed by atoms with Crippen molar-refractivity contribution in [3.63, 3.8) is 0 Å². The minimum absolute atomic E-state index is 0.124. The molecule has 14 heavy (non-hydrogen) atoms. The summed E-state index contributed by atoms with van der Waals surface area (Å²) in [7, 11) is 0. The Balaban J connectivity index is 3.56. The highest BCUT2D eigenvalue weighted by atomic mass is 16.5. The van der Waals surface area contributed by atoms with Gasteiger partial charge in [-0.1, -0.05) is 0 Å². The second-order valence-electron chi connectivity index (χ2n) is 2.76. The molecule has 0 fully saturated rings. The molecule has 2 N–H and O–H groups in total. The fourth-order valence-corrected chi connectivity index (χ4v) is 0.775. The number of aliphatic carboxylic acids is 1. The van der Waals surface area contributed by atoms with Gasteiger partial charge in [0.15, 0.2) is 0 Å². The molecule has 0 rings (SSSR count). The third-order valence-corrected chi connectivity index (χ3v) is 1.29. The van der Waals surface area contributed by atoms with Gasteiger partial charge >= 0.3 is 5.97 Å². The van der Waals surface area contributed by atoms with E-state index in [1.165, 1.54) is 0 Å². The minimum Gasteiger partial charge on any atom is -0.480 e. The number of amides is 1. The molecule has 0 aliphatic heterocycles. The monoisotopic (exact) mass is 199 g/mol. The van der Waals surface area contributed by atoms with E-state index in [9.17, 15) is 9.59 Å². The summed E-state index contributed by atoms with van der Waals surface area (Å²) in [4.78, 5) is 21.0. The number of hydrogen-bond acceptors (Lipinski definition) is 3. The highest BCUT2D eigenvalue weighted by molar-refractivity contribution is 5.78. The average molecular weight is 199 g/mol. The first-order chi connectivity index (χ1) is 6.56. The van der Waals surface area contributed by atoms with Gasteiger partial charge in [-0.2, -0.15) is 0 Å². The van der Waals surface area contributed by atoms with Crippen LogP contribution in [0.3, 0.4) is 0 Å². The van der Waals surface area contributed by atoms with Crippen LogP contribution in [0.1, 0.15) is 13.3 Å². The van der Waals surface area contributed by atoms with E-state index >= 15 is 0 Å². The van der Waals surface area contributed by atoms with E-state index < -0.39 is 12.6 Å². The lowest BCUT2D eigenvalue weighted by Crippen LogP contribution is -2.35. The molecule has 0 heterocycles. The summed E-state index contributed by atoms with van der Waals surface area (Å²) in [6, 6.07) is -0.124. The molecule has 1 amide bonds. The Morgan fingerprint density at radius 1 is 1.57 bits per heavy atom. The van der Waals surface area contributed by atoms with E-state index in [4.69, 9.17) is 11.5 Å². The molecule has 0 saturated heterocycles. The lowest BCUT2D eigenvalue weighted by Gasteiger charge is -2.10. The maximum Gasteiger partial charge on any atom is 0.329 e. The van der Waals surface area contributed by atoms with Gasteiger partial charge in [0, 0.05) is 12.5 Å². The van der Waals surface area contributed by atoms with Crippen molar-refractivity contribution >= 4 is 11.9 Å². The SMILES string of the molecule is C#CCC(C)NC(=O)COCC(=O)O. The molecule has 0 aromatic carbocycles. The third kappa shape index (κ3) is 7.13. The molecule has 0 radical (unpaired) electrons. The number of rotatable bonds is 6. The number of carboxylic acid groups (broad SMARTS) is 1. The highest BCUT2D eigenvalue weighted by Crippen LogP contribution is 1.87. The van der Waals surface area contributed by atoms with Crippen LogP contribution in [0.15, 0.2) is 0 Å². The standard InChI is InChI=1S/C9H13NO4/c1-3-4-7(2)10-8(11)5-14-6-9(12)13/h1,7H,4-6H2,2H3,(H,10,11)(H,12,13). The van der Waals surface area contributed by atoms with Gasteiger partial charge < -0.3 is 15.2 Å². The molecule has 0 saturated carbocycles. The van der Waals surface area contributed by atoms with Crippen molar-refractivity contribution in [2.75, 3.05) is 13.2 Å². The quantitative estimate of drug-likeness (QED) is 0.571. The van der Waals surface area contributed by atoms with Crippen LogP contribution in [0, 0.1) is 12.3 Å². The average Bonchev–Trinajstić information content (AvgIpc) is 2.03. The summed E-state index contributed by atoms with van der Waals surface area (Å²) in [5.41, 5.74) is 0. The molecule has 0 aliphatic carbocycles. The Bertz CT molecular complexity index is 244. The number of carbonyl (C=O) groups excluding carboxylic acids is 1. The van der Waals surface area contributed by atoms with Crippen molar-refractivity contribution in [3.05, 3.63) is 0 Å². The van der Waals surface area contributed by atoms with Crippen LogP contribution in [0.5, 0.6) is 0 Å². The van der Waals surface area contributed by atoms with Gasteiger partial charge in [0.2, 0.25) is 5.91 Å². The Hall–Kier alpha value is -1.54. The Kier molecular flexibility index (Phi) is 6.16. The van der Waals surface area contributed by atoms with Crippen molar-refractivity contribution in [1.82, 2.24) is 5.32 Å². The molecule has 1 atom stereocenters. The summed E-state index contributed by atoms with van der Waals surface area (Å²) in [5.74, 6) is 0.928. The zero-order valence-corrected chi connectivity index (χ0v) is 7.95. The van der Waals surface area contributed by atoms with E-state index in [1.54, 1.807) is 6.92 Å². The zero-order chi connectivity index (χ0) is 11.0. The molecule has 78 valence electrons. The topological polar surface area (TPSA) is 75.6 Å². The molecule has 5 heteroatoms. The molecule has 0 aromatic rings. The molecule has 0 aliphatic rings. The van der Waals surface area contributed by atoms with Crippen molar-refractivity contribution < 1.29 is 19.4 Å². The van der Waals surface area contributed by atoms with E-state index in [0.717, 1.165) is 0 Å². The number of ether oxygens (including phenoxy) is 1. The van der Waals surface area contributed by atoms with Crippen molar-refractivity contribution in [2.45, 2.75) is 19.4 Å². The van der Waals surface area contributed by atoms with Crippen LogP contribution in [0.2, 0.25) is 0 Å². The van der Waals surface area contributed by atoms with E-state index in [2.05, 4.69) is 16.0 Å². The van der Waals surface area contributed by atoms with Crippen molar-refractivity contribution in [2.24, 2.45) is 0 Å². The second kappa shape index (κ2) is 6.92. The van der Waals surface area contributed by atoms with E-state index in [-0.39, 0.29) is 18.6 Å². The predicted octanol–water partition coefficient (Wildman–Crippen LogP) is -0.384. The van der Waals surface area contributed by atoms with Gasteiger partial charge in [0.1, 0.15) is 13.2 Å². The Morgan fingerprint density at radius 3 is 2.71 bits per heavy atom. The Morgan fingerprint density at radius 2 is 2.21 bits per heavy atom.